The molecule has 2 unspecified atom stereocenters. The first kappa shape index (κ1) is 24.0. The summed E-state index contributed by atoms with van der Waals surface area (Å²) >= 11 is 0. The summed E-state index contributed by atoms with van der Waals surface area (Å²) in [5.41, 5.74) is 4.51. The Bertz CT molecular complexity index is 1650. The van der Waals surface area contributed by atoms with Crippen molar-refractivity contribution in [2.45, 2.75) is 51.0 Å². The van der Waals surface area contributed by atoms with E-state index in [2.05, 4.69) is 46.7 Å². The zero-order valence-electron chi connectivity index (χ0n) is 22.0. The molecule has 2 aromatic carbocycles. The molecule has 2 heterocycles. The van der Waals surface area contributed by atoms with E-state index in [1.807, 2.05) is 16.7 Å². The number of amides is 1. The summed E-state index contributed by atoms with van der Waals surface area (Å²) in [6, 6.07) is 20.1. The number of carbonyl (C=O) groups excluding carboxylic acids is 2. The van der Waals surface area contributed by atoms with Gasteiger partial charge in [-0.05, 0) is 97.7 Å². The molecule has 2 aromatic heterocycles. The molecule has 0 aliphatic heterocycles. The number of Topliss-reactive ketones (excluding diaryl/α,β-unsaturated/α-hetero) is 1. The van der Waals surface area contributed by atoms with Crippen molar-refractivity contribution in [2.24, 2.45) is 17.8 Å². The average Bonchev–Trinajstić information content (AvgIpc) is 3.82. The zero-order chi connectivity index (χ0) is 26.7. The number of hydrogen-bond donors (Lipinski definition) is 1. The van der Waals surface area contributed by atoms with Gasteiger partial charge >= 0.3 is 0 Å². The number of rotatable bonds is 8. The molecule has 6 nitrogen and oxygen atoms in total. The zero-order valence-corrected chi connectivity index (χ0v) is 22.0. The Labute approximate surface area is 227 Å². The molecule has 39 heavy (non-hydrogen) atoms. The fourth-order valence-corrected chi connectivity index (χ4v) is 6.05. The van der Waals surface area contributed by atoms with E-state index < -0.39 is 0 Å². The molecule has 0 bridgehead atoms. The molecule has 3 aliphatic rings. The molecule has 6 heteroatoms. The number of nitrogens with one attached hydrogen (secondary N) is 1. The predicted molar refractivity (Wildman–Crippen MR) is 151 cm³/mol. The van der Waals surface area contributed by atoms with Gasteiger partial charge in [-0.15, -0.1) is 0 Å². The van der Waals surface area contributed by atoms with Crippen LogP contribution < -0.4 is 10.7 Å². The van der Waals surface area contributed by atoms with E-state index in [4.69, 9.17) is 0 Å². The molecule has 1 amide bonds. The summed E-state index contributed by atoms with van der Waals surface area (Å²) < 4.78 is 1.86. The van der Waals surface area contributed by atoms with Crippen molar-refractivity contribution in [1.29, 1.82) is 0 Å². The van der Waals surface area contributed by atoms with Gasteiger partial charge in [0, 0.05) is 30.0 Å². The first-order chi connectivity index (χ1) is 19.0. The number of nitrogens with zero attached hydrogens (tertiary/aromatic N) is 2. The van der Waals surface area contributed by atoms with Gasteiger partial charge in [0.1, 0.15) is 17.0 Å². The van der Waals surface area contributed by atoms with Gasteiger partial charge in [-0.2, -0.15) is 0 Å². The highest BCUT2D eigenvalue weighted by atomic mass is 16.2. The van der Waals surface area contributed by atoms with Crippen LogP contribution in [0.15, 0.2) is 77.9 Å². The van der Waals surface area contributed by atoms with E-state index in [9.17, 15) is 14.4 Å². The molecule has 1 N–H and O–H groups in total. The second kappa shape index (κ2) is 9.30. The van der Waals surface area contributed by atoms with E-state index in [0.29, 0.717) is 28.8 Å². The predicted octanol–water partition coefficient (Wildman–Crippen LogP) is 5.66. The number of ketones is 1. The fourth-order valence-electron chi connectivity index (χ4n) is 6.05. The third-order valence-corrected chi connectivity index (χ3v) is 8.67. The first-order valence-electron chi connectivity index (χ1n) is 14.0. The van der Waals surface area contributed by atoms with Crippen molar-refractivity contribution in [2.75, 3.05) is 0 Å². The maximum atomic E-state index is 13.4. The topological polar surface area (TPSA) is 81.1 Å². The minimum absolute atomic E-state index is 0.154. The van der Waals surface area contributed by atoms with E-state index in [0.717, 1.165) is 48.9 Å². The molecule has 4 aromatic rings. The Balaban J connectivity index is 1.24. The van der Waals surface area contributed by atoms with Crippen LogP contribution in [-0.4, -0.2) is 27.3 Å². The lowest BCUT2D eigenvalue weighted by Gasteiger charge is -2.19. The largest absolute Gasteiger partial charge is 0.349 e. The van der Waals surface area contributed by atoms with Gasteiger partial charge < -0.3 is 9.88 Å². The minimum atomic E-state index is -0.293. The lowest BCUT2D eigenvalue weighted by molar-refractivity contribution is -0.118. The quantitative estimate of drug-likeness (QED) is 0.327. The SMILES string of the molecule is CC(=O)C1CC1c1ccc(-c2cccc(-n3cc(C(=O)NC(C4CC4)C4CC4)c(=O)c4cccnc43)c2)cc1. The van der Waals surface area contributed by atoms with Crippen LogP contribution in [0.2, 0.25) is 0 Å². The summed E-state index contributed by atoms with van der Waals surface area (Å²) in [5, 5.41) is 3.64. The Morgan fingerprint density at radius 1 is 0.949 bits per heavy atom. The highest BCUT2D eigenvalue weighted by Crippen LogP contribution is 2.48. The van der Waals surface area contributed by atoms with Crippen LogP contribution in [0.1, 0.15) is 60.9 Å². The number of carbonyl (C=O) groups is 2. The molecule has 3 saturated carbocycles. The highest BCUT2D eigenvalue weighted by Gasteiger charge is 2.43. The number of pyridine rings is 2. The monoisotopic (exact) mass is 517 g/mol. The van der Waals surface area contributed by atoms with Crippen LogP contribution in [-0.2, 0) is 4.79 Å². The van der Waals surface area contributed by atoms with E-state index in [-0.39, 0.29) is 34.6 Å². The second-order valence-corrected chi connectivity index (χ2v) is 11.5. The molecule has 3 fully saturated rings. The van der Waals surface area contributed by atoms with Gasteiger partial charge in [-0.3, -0.25) is 14.4 Å². The molecular formula is C33H31N3O3. The van der Waals surface area contributed by atoms with Gasteiger partial charge in [-0.25, -0.2) is 4.98 Å². The Morgan fingerprint density at radius 2 is 1.69 bits per heavy atom. The molecule has 2 atom stereocenters. The van der Waals surface area contributed by atoms with Crippen molar-refractivity contribution >= 4 is 22.7 Å². The maximum absolute atomic E-state index is 13.4. The minimum Gasteiger partial charge on any atom is -0.349 e. The standard InChI is InChI=1S/C33H31N3O3/c1-19(37)27-17-28(27)21-9-7-20(8-10-21)24-4-2-5-25(16-24)36-18-29(31(38)26-6-3-15-34-32(26)36)33(39)35-30(22-11-12-22)23-13-14-23/h2-10,15-16,18,22-23,27-28,30H,11-14,17H2,1H3,(H,35,39). The van der Waals surface area contributed by atoms with Crippen LogP contribution in [0, 0.1) is 17.8 Å². The maximum Gasteiger partial charge on any atom is 0.257 e. The molecular weight excluding hydrogens is 486 g/mol. The third kappa shape index (κ3) is 4.58. The molecule has 7 rings (SSSR count). The normalized spacial score (nSPS) is 20.3. The van der Waals surface area contributed by atoms with Crippen molar-refractivity contribution < 1.29 is 9.59 Å². The van der Waals surface area contributed by atoms with Crippen LogP contribution in [0.25, 0.3) is 27.8 Å². The van der Waals surface area contributed by atoms with E-state index in [1.54, 1.807) is 31.5 Å². The van der Waals surface area contributed by atoms with Gasteiger partial charge in [0.2, 0.25) is 5.43 Å². The van der Waals surface area contributed by atoms with Crippen molar-refractivity contribution in [3.8, 4) is 16.8 Å². The average molecular weight is 518 g/mol. The molecule has 3 aliphatic carbocycles. The number of fused-ring (bicyclic) bond motifs is 1. The Kier molecular flexibility index (Phi) is 5.72. The van der Waals surface area contributed by atoms with Gasteiger partial charge in [-0.1, -0.05) is 36.4 Å². The summed E-state index contributed by atoms with van der Waals surface area (Å²) in [4.78, 5) is 43.1. The van der Waals surface area contributed by atoms with Crippen LogP contribution in [0.4, 0.5) is 0 Å². The third-order valence-electron chi connectivity index (χ3n) is 8.67. The highest BCUT2D eigenvalue weighted by molar-refractivity contribution is 5.97. The first-order valence-corrected chi connectivity index (χ1v) is 14.0. The fraction of sp³-hybridized carbons (Fsp3) is 0.333. The number of aromatic nitrogens is 2. The van der Waals surface area contributed by atoms with Crippen LogP contribution >= 0.6 is 0 Å². The smallest absolute Gasteiger partial charge is 0.257 e. The van der Waals surface area contributed by atoms with Crippen LogP contribution in [0.3, 0.4) is 0 Å². The van der Waals surface area contributed by atoms with Crippen molar-refractivity contribution in [1.82, 2.24) is 14.9 Å². The summed E-state index contributed by atoms with van der Waals surface area (Å²) in [7, 11) is 0. The Morgan fingerprint density at radius 3 is 2.36 bits per heavy atom. The van der Waals surface area contributed by atoms with Gasteiger partial charge in [0.05, 0.1) is 5.39 Å². The van der Waals surface area contributed by atoms with Crippen molar-refractivity contribution in [3.63, 3.8) is 0 Å². The molecule has 0 saturated heterocycles. The lowest BCUT2D eigenvalue weighted by Crippen LogP contribution is -2.40. The van der Waals surface area contributed by atoms with E-state index >= 15 is 0 Å². The lowest BCUT2D eigenvalue weighted by atomic mass is 10.0. The Hall–Kier alpha value is -4.06. The van der Waals surface area contributed by atoms with Crippen LogP contribution in [0.5, 0.6) is 0 Å². The number of benzene rings is 2. The van der Waals surface area contributed by atoms with Crippen molar-refractivity contribution in [3.05, 3.63) is 94.4 Å². The molecule has 196 valence electrons. The van der Waals surface area contributed by atoms with Gasteiger partial charge in [0.25, 0.3) is 5.91 Å². The molecule has 0 radical (unpaired) electrons. The van der Waals surface area contributed by atoms with E-state index in [1.165, 1.54) is 5.56 Å². The summed E-state index contributed by atoms with van der Waals surface area (Å²) in [6.07, 6.45) is 8.87. The molecule has 0 spiro atoms. The van der Waals surface area contributed by atoms with Gasteiger partial charge in [0.15, 0.2) is 0 Å². The number of hydrogen-bond acceptors (Lipinski definition) is 4. The summed E-state index contributed by atoms with van der Waals surface area (Å²) in [6.45, 7) is 1.67. The summed E-state index contributed by atoms with van der Waals surface area (Å²) in [5.74, 6) is 1.56. The second-order valence-electron chi connectivity index (χ2n) is 11.5.